The summed E-state index contributed by atoms with van der Waals surface area (Å²) in [7, 11) is 0. The SMILES string of the molecule is CC1(C)CC(N2CC(C(F)(F)F)C2)CN1. The predicted octanol–water partition coefficient (Wildman–Crippen LogP) is 1.62. The molecule has 2 fully saturated rings. The smallest absolute Gasteiger partial charge is 0.310 e. The van der Waals surface area contributed by atoms with Gasteiger partial charge in [-0.25, -0.2) is 0 Å². The van der Waals surface area contributed by atoms with Crippen molar-refractivity contribution in [3.63, 3.8) is 0 Å². The first kappa shape index (κ1) is 11.2. The first-order valence-corrected chi connectivity index (χ1v) is 5.34. The Morgan fingerprint density at radius 1 is 1.27 bits per heavy atom. The fraction of sp³-hybridized carbons (Fsp3) is 1.00. The minimum absolute atomic E-state index is 0.0774. The maximum absolute atomic E-state index is 12.3. The molecule has 5 heteroatoms. The van der Waals surface area contributed by atoms with E-state index in [2.05, 4.69) is 19.2 Å². The van der Waals surface area contributed by atoms with E-state index in [1.165, 1.54) is 0 Å². The lowest BCUT2D eigenvalue weighted by Gasteiger charge is -2.43. The molecule has 0 amide bonds. The third kappa shape index (κ3) is 2.28. The number of nitrogens with one attached hydrogen (secondary N) is 1. The van der Waals surface area contributed by atoms with Crippen molar-refractivity contribution in [3.05, 3.63) is 0 Å². The largest absolute Gasteiger partial charge is 0.394 e. The Labute approximate surface area is 87.8 Å². The van der Waals surface area contributed by atoms with E-state index < -0.39 is 12.1 Å². The van der Waals surface area contributed by atoms with Crippen molar-refractivity contribution in [2.75, 3.05) is 19.6 Å². The Morgan fingerprint density at radius 2 is 1.87 bits per heavy atom. The number of hydrogen-bond donors (Lipinski definition) is 1. The molecule has 1 unspecified atom stereocenters. The molecule has 0 spiro atoms. The second kappa shape index (κ2) is 3.35. The van der Waals surface area contributed by atoms with Crippen molar-refractivity contribution in [2.45, 2.75) is 38.0 Å². The highest BCUT2D eigenvalue weighted by Gasteiger charge is 2.50. The van der Waals surface area contributed by atoms with Crippen molar-refractivity contribution < 1.29 is 13.2 Å². The number of likely N-dealkylation sites (tertiary alicyclic amines) is 1. The Morgan fingerprint density at radius 3 is 2.27 bits per heavy atom. The molecule has 0 aromatic heterocycles. The van der Waals surface area contributed by atoms with Gasteiger partial charge in [0.2, 0.25) is 0 Å². The zero-order chi connectivity index (χ0) is 11.3. The summed E-state index contributed by atoms with van der Waals surface area (Å²) in [6.45, 7) is 5.37. The number of hydrogen-bond acceptors (Lipinski definition) is 2. The summed E-state index contributed by atoms with van der Waals surface area (Å²) in [5, 5.41) is 3.33. The molecule has 2 saturated heterocycles. The molecule has 2 rings (SSSR count). The van der Waals surface area contributed by atoms with Gasteiger partial charge in [0.05, 0.1) is 5.92 Å². The number of nitrogens with zero attached hydrogens (tertiary/aromatic N) is 1. The van der Waals surface area contributed by atoms with Gasteiger partial charge in [-0.2, -0.15) is 13.2 Å². The van der Waals surface area contributed by atoms with Gasteiger partial charge in [0, 0.05) is 31.2 Å². The number of alkyl halides is 3. The van der Waals surface area contributed by atoms with Crippen molar-refractivity contribution in [1.29, 1.82) is 0 Å². The second-order valence-electron chi connectivity index (χ2n) is 5.32. The van der Waals surface area contributed by atoms with Crippen molar-refractivity contribution in [1.82, 2.24) is 10.2 Å². The Hall–Kier alpha value is -0.290. The van der Waals surface area contributed by atoms with Gasteiger partial charge in [-0.1, -0.05) is 0 Å². The lowest BCUT2D eigenvalue weighted by Crippen LogP contribution is -2.57. The van der Waals surface area contributed by atoms with E-state index in [9.17, 15) is 13.2 Å². The van der Waals surface area contributed by atoms with E-state index in [0.717, 1.165) is 13.0 Å². The highest BCUT2D eigenvalue weighted by Crippen LogP contribution is 2.36. The monoisotopic (exact) mass is 222 g/mol. The van der Waals surface area contributed by atoms with E-state index in [-0.39, 0.29) is 18.6 Å². The molecule has 2 nitrogen and oxygen atoms in total. The highest BCUT2D eigenvalue weighted by atomic mass is 19.4. The molecule has 0 bridgehead atoms. The number of halogens is 3. The topological polar surface area (TPSA) is 15.3 Å². The van der Waals surface area contributed by atoms with Crippen LogP contribution in [0, 0.1) is 5.92 Å². The standard InChI is InChI=1S/C10H17F3N2/c1-9(2)3-8(4-14-9)15-5-7(6-15)10(11,12)13/h7-8,14H,3-6H2,1-2H3. The average Bonchev–Trinajstić information content (AvgIpc) is 2.23. The highest BCUT2D eigenvalue weighted by molar-refractivity contribution is 4.98. The molecule has 0 aromatic carbocycles. The van der Waals surface area contributed by atoms with Gasteiger partial charge in [-0.3, -0.25) is 4.90 Å². The van der Waals surface area contributed by atoms with Crippen LogP contribution in [0.25, 0.3) is 0 Å². The van der Waals surface area contributed by atoms with Crippen LogP contribution in [0.3, 0.4) is 0 Å². The van der Waals surface area contributed by atoms with Gasteiger partial charge in [-0.05, 0) is 20.3 Å². The van der Waals surface area contributed by atoms with Gasteiger partial charge in [0.25, 0.3) is 0 Å². The third-order valence-corrected chi connectivity index (χ3v) is 3.45. The fourth-order valence-corrected chi connectivity index (χ4v) is 2.40. The van der Waals surface area contributed by atoms with Gasteiger partial charge in [0.15, 0.2) is 0 Å². The summed E-state index contributed by atoms with van der Waals surface area (Å²) >= 11 is 0. The summed E-state index contributed by atoms with van der Waals surface area (Å²) in [6, 6.07) is 0.290. The molecule has 15 heavy (non-hydrogen) atoms. The van der Waals surface area contributed by atoms with Crippen LogP contribution in [-0.2, 0) is 0 Å². The van der Waals surface area contributed by atoms with E-state index in [1.54, 1.807) is 0 Å². The average molecular weight is 222 g/mol. The maximum Gasteiger partial charge on any atom is 0.394 e. The molecular weight excluding hydrogens is 205 g/mol. The molecule has 0 radical (unpaired) electrons. The van der Waals surface area contributed by atoms with E-state index >= 15 is 0 Å². The van der Waals surface area contributed by atoms with Crippen molar-refractivity contribution in [3.8, 4) is 0 Å². The minimum atomic E-state index is -4.00. The van der Waals surface area contributed by atoms with Crippen LogP contribution >= 0.6 is 0 Å². The normalized spacial score (nSPS) is 33.0. The Bertz CT molecular complexity index is 244. The molecule has 1 atom stereocenters. The van der Waals surface area contributed by atoms with Crippen LogP contribution in [0.2, 0.25) is 0 Å². The first-order chi connectivity index (χ1) is 6.78. The predicted molar refractivity (Wildman–Crippen MR) is 51.6 cm³/mol. The summed E-state index contributed by atoms with van der Waals surface area (Å²) in [5.41, 5.74) is 0.0774. The molecule has 0 aliphatic carbocycles. The van der Waals surface area contributed by atoms with Crippen LogP contribution in [-0.4, -0.2) is 42.3 Å². The summed E-state index contributed by atoms with van der Waals surface area (Å²) < 4.78 is 36.8. The van der Waals surface area contributed by atoms with E-state index in [0.29, 0.717) is 6.04 Å². The van der Waals surface area contributed by atoms with E-state index in [4.69, 9.17) is 0 Å². The van der Waals surface area contributed by atoms with Crippen LogP contribution in [0.5, 0.6) is 0 Å². The summed E-state index contributed by atoms with van der Waals surface area (Å²) in [5.74, 6) is -1.10. The lowest BCUT2D eigenvalue weighted by molar-refractivity contribution is -0.213. The molecule has 0 saturated carbocycles. The molecule has 1 N–H and O–H groups in total. The molecule has 2 aliphatic rings. The molecular formula is C10H17F3N2. The Kier molecular flexibility index (Phi) is 2.50. The van der Waals surface area contributed by atoms with Gasteiger partial charge >= 0.3 is 6.18 Å². The number of rotatable bonds is 1. The van der Waals surface area contributed by atoms with Gasteiger partial charge in [-0.15, -0.1) is 0 Å². The third-order valence-electron chi connectivity index (χ3n) is 3.45. The molecule has 2 heterocycles. The van der Waals surface area contributed by atoms with Crippen LogP contribution in [0.1, 0.15) is 20.3 Å². The molecule has 88 valence electrons. The minimum Gasteiger partial charge on any atom is -0.310 e. The zero-order valence-corrected chi connectivity index (χ0v) is 9.06. The maximum atomic E-state index is 12.3. The van der Waals surface area contributed by atoms with Crippen LogP contribution in [0.4, 0.5) is 13.2 Å². The Balaban J connectivity index is 1.81. The zero-order valence-electron chi connectivity index (χ0n) is 9.06. The van der Waals surface area contributed by atoms with Crippen molar-refractivity contribution in [2.24, 2.45) is 5.92 Å². The summed E-state index contributed by atoms with van der Waals surface area (Å²) in [6.07, 6.45) is -3.06. The molecule has 0 aromatic rings. The first-order valence-electron chi connectivity index (χ1n) is 5.34. The van der Waals surface area contributed by atoms with E-state index in [1.807, 2.05) is 4.90 Å². The molecule has 2 aliphatic heterocycles. The van der Waals surface area contributed by atoms with Crippen LogP contribution in [0.15, 0.2) is 0 Å². The fourth-order valence-electron chi connectivity index (χ4n) is 2.40. The second-order valence-corrected chi connectivity index (χ2v) is 5.32. The summed E-state index contributed by atoms with van der Waals surface area (Å²) in [4.78, 5) is 1.94. The lowest BCUT2D eigenvalue weighted by atomic mass is 9.93. The van der Waals surface area contributed by atoms with Gasteiger partial charge < -0.3 is 5.32 Å². The van der Waals surface area contributed by atoms with Crippen LogP contribution < -0.4 is 5.32 Å². The quantitative estimate of drug-likeness (QED) is 0.725. The van der Waals surface area contributed by atoms with Crippen molar-refractivity contribution >= 4 is 0 Å². The van der Waals surface area contributed by atoms with Gasteiger partial charge in [0.1, 0.15) is 0 Å².